The Hall–Kier alpha value is -2.72. The molecule has 2 unspecified atom stereocenters. The second-order valence-corrected chi connectivity index (χ2v) is 12.4. The smallest absolute Gasteiger partial charge is 0.293 e. The number of benzene rings is 1. The van der Waals surface area contributed by atoms with Crippen molar-refractivity contribution in [3.8, 4) is 0 Å². The molecule has 3 N–H and O–H groups in total. The fourth-order valence-corrected chi connectivity index (χ4v) is 4.18. The van der Waals surface area contributed by atoms with Crippen molar-refractivity contribution in [2.45, 2.75) is 71.3 Å². The highest BCUT2D eigenvalue weighted by atomic mass is 32.2. The van der Waals surface area contributed by atoms with Crippen molar-refractivity contribution in [3.63, 3.8) is 0 Å². The van der Waals surface area contributed by atoms with Crippen molar-refractivity contribution in [1.29, 1.82) is 0 Å². The van der Waals surface area contributed by atoms with Gasteiger partial charge in [0.25, 0.3) is 6.02 Å². The number of anilines is 1. The summed E-state index contributed by atoms with van der Waals surface area (Å²) < 4.78 is 21.7. The number of piperidine rings is 1. The maximum Gasteiger partial charge on any atom is 0.293 e. The summed E-state index contributed by atoms with van der Waals surface area (Å²) in [7, 11) is -1.25. The standard InChI is InChI=1S/C26H41N7O2S/c1-18(2)19(3)15-29-33-17-28-25(35-21-11-10-14-27-16-21)31-24(33)30-20(4)22-12-8-9-13-23(22)32-36(34)26(5,6)7/h8-9,12-13,15,18,20-21,27,32H,3,10-11,14,16-17H2,1-2,4-7H3,(H,28,30,31)/b29-15-/t20?,21-,36?/m1/s1. The number of nitrogens with zero attached hydrogens (tertiary/aromatic N) is 4. The number of amidine groups is 1. The van der Waals surface area contributed by atoms with Crippen LogP contribution in [-0.2, 0) is 15.7 Å². The van der Waals surface area contributed by atoms with Gasteiger partial charge in [0.05, 0.1) is 22.7 Å². The Kier molecular flexibility index (Phi) is 9.67. The van der Waals surface area contributed by atoms with Crippen molar-refractivity contribution in [2.75, 3.05) is 24.5 Å². The van der Waals surface area contributed by atoms with Crippen LogP contribution >= 0.6 is 0 Å². The summed E-state index contributed by atoms with van der Waals surface area (Å²) in [6.45, 7) is 18.2. The molecule has 1 aromatic carbocycles. The predicted molar refractivity (Wildman–Crippen MR) is 151 cm³/mol. The normalized spacial score (nSPS) is 21.8. The Bertz CT molecular complexity index is 1020. The number of aliphatic imine (C=N–C) groups is 2. The molecule has 0 aliphatic carbocycles. The van der Waals surface area contributed by atoms with Crippen LogP contribution in [0, 0.1) is 5.92 Å². The first kappa shape index (κ1) is 27.9. The summed E-state index contributed by atoms with van der Waals surface area (Å²) in [6, 6.07) is 8.00. The Balaban J connectivity index is 1.86. The van der Waals surface area contributed by atoms with Crippen LogP contribution in [0.15, 0.2) is 51.5 Å². The monoisotopic (exact) mass is 515 g/mol. The van der Waals surface area contributed by atoms with Crippen LogP contribution in [0.3, 0.4) is 0 Å². The first-order valence-electron chi connectivity index (χ1n) is 12.6. The quantitative estimate of drug-likeness (QED) is 0.451. The summed E-state index contributed by atoms with van der Waals surface area (Å²) in [5.41, 5.74) is 2.64. The van der Waals surface area contributed by atoms with Crippen LogP contribution in [0.5, 0.6) is 0 Å². The van der Waals surface area contributed by atoms with Gasteiger partial charge in [0.2, 0.25) is 5.96 Å². The zero-order valence-corrected chi connectivity index (χ0v) is 23.2. The highest BCUT2D eigenvalue weighted by Gasteiger charge is 2.25. The van der Waals surface area contributed by atoms with E-state index < -0.39 is 15.7 Å². The van der Waals surface area contributed by atoms with Crippen molar-refractivity contribution in [3.05, 3.63) is 42.0 Å². The van der Waals surface area contributed by atoms with Crippen LogP contribution in [0.4, 0.5) is 5.69 Å². The van der Waals surface area contributed by atoms with E-state index in [1.165, 1.54) is 0 Å². The Labute approximate surface area is 218 Å². The van der Waals surface area contributed by atoms with Gasteiger partial charge in [-0.15, -0.1) is 0 Å². The number of rotatable bonds is 8. The van der Waals surface area contributed by atoms with Gasteiger partial charge < -0.3 is 14.8 Å². The number of para-hydroxylation sites is 1. The average molecular weight is 516 g/mol. The van der Waals surface area contributed by atoms with Crippen LogP contribution in [0.25, 0.3) is 0 Å². The molecule has 0 amide bonds. The molecule has 198 valence electrons. The fraction of sp³-hybridized carbons (Fsp3) is 0.577. The van der Waals surface area contributed by atoms with Gasteiger partial charge in [-0.2, -0.15) is 5.10 Å². The van der Waals surface area contributed by atoms with E-state index in [0.717, 1.165) is 42.8 Å². The van der Waals surface area contributed by atoms with Gasteiger partial charge in [0.15, 0.2) is 0 Å². The van der Waals surface area contributed by atoms with E-state index in [-0.39, 0.29) is 24.7 Å². The molecule has 0 radical (unpaired) electrons. The molecule has 1 aromatic rings. The molecule has 9 nitrogen and oxygen atoms in total. The molecule has 3 atom stereocenters. The van der Waals surface area contributed by atoms with Crippen molar-refractivity contribution in [1.82, 2.24) is 15.6 Å². The average Bonchev–Trinajstić information content (AvgIpc) is 2.83. The Morgan fingerprint density at radius 2 is 2.08 bits per heavy atom. The summed E-state index contributed by atoms with van der Waals surface area (Å²) in [5, 5.41) is 12.9. The van der Waals surface area contributed by atoms with E-state index in [1.54, 1.807) is 11.2 Å². The molecule has 2 aliphatic heterocycles. The zero-order chi connectivity index (χ0) is 26.3. The lowest BCUT2D eigenvalue weighted by Crippen LogP contribution is -2.49. The number of allylic oxidation sites excluding steroid dienone is 1. The van der Waals surface area contributed by atoms with Crippen LogP contribution in [0.1, 0.15) is 66.0 Å². The SMILES string of the molecule is C=C(/C=N\N1CN=C(O[C@@H]2CCCNC2)NC1=NC(C)c1ccccc1NS(=O)C(C)(C)C)C(C)C. The minimum Gasteiger partial charge on any atom is -0.460 e. The summed E-state index contributed by atoms with van der Waals surface area (Å²) >= 11 is 0. The van der Waals surface area contributed by atoms with Crippen LogP contribution in [0.2, 0.25) is 0 Å². The minimum absolute atomic E-state index is 0.0664. The van der Waals surface area contributed by atoms with Crippen molar-refractivity contribution >= 4 is 34.9 Å². The van der Waals surface area contributed by atoms with E-state index in [4.69, 9.17) is 9.73 Å². The lowest BCUT2D eigenvalue weighted by molar-refractivity contribution is 0.145. The minimum atomic E-state index is -1.25. The highest BCUT2D eigenvalue weighted by molar-refractivity contribution is 7.87. The summed E-state index contributed by atoms with van der Waals surface area (Å²) in [5.74, 6) is 0.824. The fourth-order valence-electron chi connectivity index (χ4n) is 3.49. The van der Waals surface area contributed by atoms with E-state index >= 15 is 0 Å². The second kappa shape index (κ2) is 12.5. The second-order valence-electron chi connectivity index (χ2n) is 10.4. The predicted octanol–water partition coefficient (Wildman–Crippen LogP) is 4.16. The third kappa shape index (κ3) is 7.89. The van der Waals surface area contributed by atoms with E-state index in [2.05, 4.69) is 45.9 Å². The van der Waals surface area contributed by atoms with Gasteiger partial charge in [-0.3, -0.25) is 5.32 Å². The first-order valence-corrected chi connectivity index (χ1v) is 13.7. The Morgan fingerprint density at radius 3 is 2.75 bits per heavy atom. The molecule has 3 rings (SSSR count). The number of hydrazone groups is 1. The van der Waals surface area contributed by atoms with Gasteiger partial charge in [0, 0.05) is 12.1 Å². The Morgan fingerprint density at radius 1 is 1.33 bits per heavy atom. The summed E-state index contributed by atoms with van der Waals surface area (Å²) in [6.07, 6.45) is 3.87. The largest absolute Gasteiger partial charge is 0.460 e. The van der Waals surface area contributed by atoms with Gasteiger partial charge in [-0.1, -0.05) is 38.6 Å². The zero-order valence-electron chi connectivity index (χ0n) is 22.4. The number of ether oxygens (including phenoxy) is 1. The highest BCUT2D eigenvalue weighted by Crippen LogP contribution is 2.28. The molecule has 36 heavy (non-hydrogen) atoms. The molecule has 10 heteroatoms. The topological polar surface area (TPSA) is 103 Å². The van der Waals surface area contributed by atoms with Gasteiger partial charge in [-0.05, 0) is 64.6 Å². The van der Waals surface area contributed by atoms with Crippen LogP contribution < -0.4 is 15.4 Å². The van der Waals surface area contributed by atoms with Crippen molar-refractivity contribution in [2.24, 2.45) is 21.0 Å². The lowest BCUT2D eigenvalue weighted by atomic mass is 10.1. The molecule has 0 spiro atoms. The number of guanidine groups is 1. The molecular formula is C26H41N7O2S. The van der Waals surface area contributed by atoms with Gasteiger partial charge in [-0.25, -0.2) is 19.2 Å². The van der Waals surface area contributed by atoms with Gasteiger partial charge >= 0.3 is 0 Å². The van der Waals surface area contributed by atoms with E-state index in [1.807, 2.05) is 52.0 Å². The maximum atomic E-state index is 12.8. The van der Waals surface area contributed by atoms with Gasteiger partial charge in [0.1, 0.15) is 23.8 Å². The molecule has 0 bridgehead atoms. The third-order valence-corrected chi connectivity index (χ3v) is 7.45. The molecule has 2 heterocycles. The molecular weight excluding hydrogens is 474 g/mol. The molecule has 2 aliphatic rings. The van der Waals surface area contributed by atoms with Crippen LogP contribution in [-0.4, -0.2) is 58.0 Å². The molecule has 1 fully saturated rings. The number of hydrogen-bond acceptors (Lipinski definition) is 6. The number of hydrogen-bond donors (Lipinski definition) is 3. The maximum absolute atomic E-state index is 12.8. The molecule has 1 saturated heterocycles. The molecule has 0 saturated carbocycles. The lowest BCUT2D eigenvalue weighted by Gasteiger charge is -2.30. The van der Waals surface area contributed by atoms with Crippen molar-refractivity contribution < 1.29 is 8.95 Å². The van der Waals surface area contributed by atoms with E-state index in [0.29, 0.717) is 12.0 Å². The first-order chi connectivity index (χ1) is 17.0. The molecule has 0 aromatic heterocycles. The van der Waals surface area contributed by atoms with E-state index in [9.17, 15) is 4.21 Å². The number of nitrogens with one attached hydrogen (secondary N) is 3. The third-order valence-electron chi connectivity index (χ3n) is 5.93. The summed E-state index contributed by atoms with van der Waals surface area (Å²) in [4.78, 5) is 9.50.